The number of carbonyl (C=O) groups is 2. The first-order valence-corrected chi connectivity index (χ1v) is 12.2. The Kier molecular flexibility index (Phi) is 8.36. The van der Waals surface area contributed by atoms with Gasteiger partial charge in [0.15, 0.2) is 0 Å². The number of nitrogens with zero attached hydrogens (tertiary/aromatic N) is 2. The largest absolute Gasteiger partial charge is 0.492 e. The first kappa shape index (κ1) is 25.1. The van der Waals surface area contributed by atoms with Crippen molar-refractivity contribution in [1.29, 1.82) is 0 Å². The van der Waals surface area contributed by atoms with Crippen LogP contribution in [0.25, 0.3) is 0 Å². The molecular formula is C27H34FN3O4. The van der Waals surface area contributed by atoms with Crippen LogP contribution in [0.2, 0.25) is 0 Å². The number of hydrogen-bond donors (Lipinski definition) is 1. The Morgan fingerprint density at radius 3 is 2.80 bits per heavy atom. The highest BCUT2D eigenvalue weighted by atomic mass is 19.1. The maximum absolute atomic E-state index is 14.3. The summed E-state index contributed by atoms with van der Waals surface area (Å²) in [4.78, 5) is 28.9. The summed E-state index contributed by atoms with van der Waals surface area (Å²) in [5.41, 5.74) is 1.92. The number of halogens is 1. The van der Waals surface area contributed by atoms with E-state index in [-0.39, 0.29) is 30.5 Å². The molecule has 0 aromatic heterocycles. The Labute approximate surface area is 206 Å². The second-order valence-corrected chi connectivity index (χ2v) is 9.40. The van der Waals surface area contributed by atoms with Crippen LogP contribution in [0.1, 0.15) is 30.4 Å². The van der Waals surface area contributed by atoms with E-state index >= 15 is 0 Å². The van der Waals surface area contributed by atoms with Gasteiger partial charge in [-0.2, -0.15) is 0 Å². The lowest BCUT2D eigenvalue weighted by Gasteiger charge is -2.31. The summed E-state index contributed by atoms with van der Waals surface area (Å²) in [6.07, 6.45) is 2.18. The van der Waals surface area contributed by atoms with Crippen LogP contribution >= 0.6 is 0 Å². The predicted molar refractivity (Wildman–Crippen MR) is 132 cm³/mol. The third-order valence-electron chi connectivity index (χ3n) is 6.78. The highest BCUT2D eigenvalue weighted by Gasteiger charge is 2.36. The minimum atomic E-state index is -0.511. The van der Waals surface area contributed by atoms with Crippen LogP contribution in [-0.4, -0.2) is 62.7 Å². The van der Waals surface area contributed by atoms with Gasteiger partial charge >= 0.3 is 0 Å². The predicted octanol–water partition coefficient (Wildman–Crippen LogP) is 3.29. The lowest BCUT2D eigenvalue weighted by Crippen LogP contribution is -2.38. The first-order chi connectivity index (χ1) is 16.9. The van der Waals surface area contributed by atoms with Gasteiger partial charge in [-0.25, -0.2) is 4.39 Å². The zero-order chi connectivity index (χ0) is 24.8. The van der Waals surface area contributed by atoms with Crippen molar-refractivity contribution in [3.05, 3.63) is 59.4 Å². The van der Waals surface area contributed by atoms with Crippen LogP contribution in [0.5, 0.6) is 5.75 Å². The Bertz CT molecular complexity index is 1040. The summed E-state index contributed by atoms with van der Waals surface area (Å²) >= 11 is 0. The summed E-state index contributed by atoms with van der Waals surface area (Å²) in [7, 11) is 2.12. The van der Waals surface area contributed by atoms with Crippen molar-refractivity contribution in [2.75, 3.05) is 44.9 Å². The van der Waals surface area contributed by atoms with E-state index in [1.54, 1.807) is 19.1 Å². The topological polar surface area (TPSA) is 71.1 Å². The minimum Gasteiger partial charge on any atom is -0.492 e. The number of ether oxygens (including phenoxy) is 2. The molecule has 0 radical (unpaired) electrons. The van der Waals surface area contributed by atoms with Crippen LogP contribution in [0.15, 0.2) is 42.5 Å². The van der Waals surface area contributed by atoms with Gasteiger partial charge in [0.25, 0.3) is 0 Å². The monoisotopic (exact) mass is 483 g/mol. The van der Waals surface area contributed by atoms with Crippen LogP contribution < -0.4 is 15.0 Å². The van der Waals surface area contributed by atoms with Gasteiger partial charge in [0.1, 0.15) is 18.2 Å². The van der Waals surface area contributed by atoms with Crippen molar-refractivity contribution in [3.63, 3.8) is 0 Å². The molecule has 1 atom stereocenters. The van der Waals surface area contributed by atoms with E-state index in [1.165, 1.54) is 11.0 Å². The highest BCUT2D eigenvalue weighted by molar-refractivity contribution is 6.00. The summed E-state index contributed by atoms with van der Waals surface area (Å²) in [6.45, 7) is 5.36. The molecule has 0 bridgehead atoms. The standard InChI is InChI=1S/C27H34FN3O4/c1-19-6-7-25(24(28)14-19)31-18-21(16-26(31)32)27(33)29-17-20-4-3-5-23(15-20)35-13-10-30(2)22-8-11-34-12-9-22/h3-7,14-15,21-22H,8-13,16-18H2,1-2H3,(H,29,33). The molecule has 8 heteroatoms. The van der Waals surface area contributed by atoms with E-state index in [2.05, 4.69) is 17.3 Å². The van der Waals surface area contributed by atoms with Crippen molar-refractivity contribution in [3.8, 4) is 5.75 Å². The maximum atomic E-state index is 14.3. The fourth-order valence-corrected chi connectivity index (χ4v) is 4.64. The third kappa shape index (κ3) is 6.58. The number of hydrogen-bond acceptors (Lipinski definition) is 5. The van der Waals surface area contributed by atoms with Gasteiger partial charge in [-0.15, -0.1) is 0 Å². The smallest absolute Gasteiger partial charge is 0.227 e. The zero-order valence-electron chi connectivity index (χ0n) is 20.5. The molecule has 1 unspecified atom stereocenters. The minimum absolute atomic E-state index is 0.0724. The second kappa shape index (κ2) is 11.6. The molecule has 35 heavy (non-hydrogen) atoms. The molecular weight excluding hydrogens is 449 g/mol. The van der Waals surface area contributed by atoms with E-state index in [4.69, 9.17) is 9.47 Å². The average Bonchev–Trinajstić information content (AvgIpc) is 3.24. The van der Waals surface area contributed by atoms with Gasteiger partial charge in [-0.1, -0.05) is 18.2 Å². The lowest BCUT2D eigenvalue weighted by molar-refractivity contribution is -0.126. The van der Waals surface area contributed by atoms with Crippen molar-refractivity contribution < 1.29 is 23.5 Å². The quantitative estimate of drug-likeness (QED) is 0.593. The molecule has 2 amide bonds. The molecule has 0 aliphatic carbocycles. The lowest BCUT2D eigenvalue weighted by atomic mass is 10.1. The number of amides is 2. The molecule has 2 heterocycles. The fraction of sp³-hybridized carbons (Fsp3) is 0.481. The number of nitrogens with one attached hydrogen (secondary N) is 1. The summed E-state index contributed by atoms with van der Waals surface area (Å²) in [6, 6.07) is 12.9. The Morgan fingerprint density at radius 1 is 1.23 bits per heavy atom. The van der Waals surface area contributed by atoms with E-state index < -0.39 is 11.7 Å². The van der Waals surface area contributed by atoms with Crippen molar-refractivity contribution in [1.82, 2.24) is 10.2 Å². The number of anilines is 1. The Balaban J connectivity index is 1.24. The van der Waals surface area contributed by atoms with Gasteiger partial charge in [0.05, 0.1) is 11.6 Å². The van der Waals surface area contributed by atoms with E-state index in [9.17, 15) is 14.0 Å². The van der Waals surface area contributed by atoms with Crippen molar-refractivity contribution >= 4 is 17.5 Å². The second-order valence-electron chi connectivity index (χ2n) is 9.40. The first-order valence-electron chi connectivity index (χ1n) is 12.2. The van der Waals surface area contributed by atoms with Gasteiger partial charge in [0.2, 0.25) is 11.8 Å². The number of aryl methyl sites for hydroxylation is 1. The molecule has 2 aliphatic heterocycles. The van der Waals surface area contributed by atoms with Gasteiger partial charge in [-0.3, -0.25) is 14.5 Å². The molecule has 7 nitrogen and oxygen atoms in total. The number of likely N-dealkylation sites (N-methyl/N-ethyl adjacent to an activating group) is 1. The molecule has 0 spiro atoms. The van der Waals surface area contributed by atoms with E-state index in [0.717, 1.165) is 49.5 Å². The molecule has 188 valence electrons. The van der Waals surface area contributed by atoms with Crippen LogP contribution in [-0.2, 0) is 20.9 Å². The maximum Gasteiger partial charge on any atom is 0.227 e. The Hall–Kier alpha value is -2.97. The normalized spacial score (nSPS) is 18.8. The van der Waals surface area contributed by atoms with Gasteiger partial charge < -0.3 is 19.7 Å². The summed E-state index contributed by atoms with van der Waals surface area (Å²) < 4.78 is 25.7. The van der Waals surface area contributed by atoms with Crippen LogP contribution in [0.4, 0.5) is 10.1 Å². The molecule has 0 saturated carbocycles. The molecule has 2 fully saturated rings. The van der Waals surface area contributed by atoms with E-state index in [1.807, 2.05) is 24.3 Å². The zero-order valence-corrected chi connectivity index (χ0v) is 20.5. The van der Waals surface area contributed by atoms with Crippen molar-refractivity contribution in [2.45, 2.75) is 38.8 Å². The molecule has 2 saturated heterocycles. The molecule has 1 N–H and O–H groups in total. The fourth-order valence-electron chi connectivity index (χ4n) is 4.64. The highest BCUT2D eigenvalue weighted by Crippen LogP contribution is 2.28. The van der Waals surface area contributed by atoms with Crippen molar-refractivity contribution in [2.24, 2.45) is 5.92 Å². The SMILES string of the molecule is Cc1ccc(N2CC(C(=O)NCc3cccc(OCCN(C)C4CCOCC4)c3)CC2=O)c(F)c1. The summed E-state index contributed by atoms with van der Waals surface area (Å²) in [5, 5.41) is 2.91. The third-order valence-corrected chi connectivity index (χ3v) is 6.78. The van der Waals surface area contributed by atoms with Gasteiger partial charge in [0, 0.05) is 45.3 Å². The van der Waals surface area contributed by atoms with Crippen LogP contribution in [0.3, 0.4) is 0 Å². The number of carbonyl (C=O) groups excluding carboxylic acids is 2. The molecule has 4 rings (SSSR count). The molecule has 2 aliphatic rings. The van der Waals surface area contributed by atoms with Gasteiger partial charge in [-0.05, 0) is 62.2 Å². The number of benzene rings is 2. The van der Waals surface area contributed by atoms with E-state index in [0.29, 0.717) is 19.2 Å². The molecule has 2 aromatic carbocycles. The molecule has 2 aromatic rings. The summed E-state index contributed by atoms with van der Waals surface area (Å²) in [5.74, 6) is -0.653. The Morgan fingerprint density at radius 2 is 2.03 bits per heavy atom. The average molecular weight is 484 g/mol. The number of rotatable bonds is 9. The van der Waals surface area contributed by atoms with Crippen LogP contribution in [0, 0.1) is 18.7 Å².